The second kappa shape index (κ2) is 5.05. The zero-order valence-corrected chi connectivity index (χ0v) is 9.93. The first kappa shape index (κ1) is 11.0. The monoisotopic (exact) mass is 226 g/mol. The van der Waals surface area contributed by atoms with Crippen molar-refractivity contribution < 1.29 is 4.74 Å². The van der Waals surface area contributed by atoms with Gasteiger partial charge in [-0.05, 0) is 26.2 Å². The Kier molecular flexibility index (Phi) is 3.72. The molecule has 0 aromatic carbocycles. The molecule has 1 atom stereocenters. The van der Waals surface area contributed by atoms with Crippen molar-refractivity contribution in [3.05, 3.63) is 16.1 Å². The van der Waals surface area contributed by atoms with Crippen LogP contribution in [0.4, 0.5) is 0 Å². The van der Waals surface area contributed by atoms with Crippen LogP contribution in [0.15, 0.2) is 6.20 Å². The maximum absolute atomic E-state index is 5.77. The number of hydrogen-bond acceptors (Lipinski definition) is 4. The highest BCUT2D eigenvalue weighted by molar-refractivity contribution is 7.11. The van der Waals surface area contributed by atoms with Crippen molar-refractivity contribution in [3.63, 3.8) is 0 Å². The van der Waals surface area contributed by atoms with E-state index in [4.69, 9.17) is 10.5 Å². The van der Waals surface area contributed by atoms with E-state index in [1.807, 2.05) is 24.5 Å². The average Bonchev–Trinajstić information content (AvgIpc) is 2.67. The molecule has 2 N–H and O–H groups in total. The van der Waals surface area contributed by atoms with Crippen LogP contribution in [-0.4, -0.2) is 24.2 Å². The van der Waals surface area contributed by atoms with E-state index in [1.165, 1.54) is 9.88 Å². The fraction of sp³-hybridized carbons (Fsp3) is 0.727. The molecule has 0 amide bonds. The summed E-state index contributed by atoms with van der Waals surface area (Å²) < 4.78 is 5.35. The molecule has 1 saturated heterocycles. The maximum atomic E-state index is 5.77. The van der Waals surface area contributed by atoms with Gasteiger partial charge in [0.05, 0.1) is 5.01 Å². The van der Waals surface area contributed by atoms with Gasteiger partial charge in [0.25, 0.3) is 0 Å². The van der Waals surface area contributed by atoms with Crippen LogP contribution in [0, 0.1) is 0 Å². The second-order valence-electron chi connectivity index (χ2n) is 4.23. The molecule has 2 heterocycles. The summed E-state index contributed by atoms with van der Waals surface area (Å²) in [6, 6.07) is 0.230. The summed E-state index contributed by atoms with van der Waals surface area (Å²) in [5.41, 5.74) is 5.77. The zero-order valence-electron chi connectivity index (χ0n) is 9.11. The molecule has 1 aliphatic rings. The van der Waals surface area contributed by atoms with Gasteiger partial charge >= 0.3 is 0 Å². The minimum absolute atomic E-state index is 0.230. The van der Waals surface area contributed by atoms with Crippen LogP contribution >= 0.6 is 11.3 Å². The molecule has 0 aliphatic carbocycles. The molecule has 1 aromatic heterocycles. The molecule has 1 aromatic rings. The van der Waals surface area contributed by atoms with Gasteiger partial charge in [-0.25, -0.2) is 4.98 Å². The smallest absolute Gasteiger partial charge is 0.0960 e. The SMILES string of the molecule is CC(N)Cc1cnc(C2CCOCC2)s1. The van der Waals surface area contributed by atoms with Crippen molar-refractivity contribution in [2.24, 2.45) is 5.73 Å². The van der Waals surface area contributed by atoms with E-state index in [-0.39, 0.29) is 6.04 Å². The molecule has 4 heteroatoms. The summed E-state index contributed by atoms with van der Waals surface area (Å²) >= 11 is 1.82. The highest BCUT2D eigenvalue weighted by atomic mass is 32.1. The second-order valence-corrected chi connectivity index (χ2v) is 5.38. The Morgan fingerprint density at radius 2 is 2.33 bits per heavy atom. The van der Waals surface area contributed by atoms with Gasteiger partial charge in [-0.15, -0.1) is 11.3 Å². The summed E-state index contributed by atoms with van der Waals surface area (Å²) in [5.74, 6) is 0.616. The van der Waals surface area contributed by atoms with Gasteiger partial charge in [0.15, 0.2) is 0 Å². The number of aromatic nitrogens is 1. The molecule has 1 unspecified atom stereocenters. The highest BCUT2D eigenvalue weighted by Crippen LogP contribution is 2.30. The molecule has 2 rings (SSSR count). The predicted molar refractivity (Wildman–Crippen MR) is 62.3 cm³/mol. The van der Waals surface area contributed by atoms with E-state index in [0.717, 1.165) is 32.5 Å². The molecular weight excluding hydrogens is 208 g/mol. The number of thiazole rings is 1. The molecular formula is C11H18N2OS. The molecule has 1 aliphatic heterocycles. The van der Waals surface area contributed by atoms with E-state index < -0.39 is 0 Å². The fourth-order valence-corrected chi connectivity index (χ4v) is 3.10. The third kappa shape index (κ3) is 3.00. The lowest BCUT2D eigenvalue weighted by atomic mass is 10.0. The van der Waals surface area contributed by atoms with Crippen LogP contribution in [0.1, 0.15) is 35.6 Å². The minimum Gasteiger partial charge on any atom is -0.381 e. The Morgan fingerprint density at radius 3 is 3.00 bits per heavy atom. The first-order chi connectivity index (χ1) is 7.25. The number of hydrogen-bond donors (Lipinski definition) is 1. The standard InChI is InChI=1S/C11H18N2OS/c1-8(12)6-10-7-13-11(15-10)9-2-4-14-5-3-9/h7-9H,2-6,12H2,1H3. The lowest BCUT2D eigenvalue weighted by molar-refractivity contribution is 0.0853. The lowest BCUT2D eigenvalue weighted by Crippen LogP contribution is -2.16. The Hall–Kier alpha value is -0.450. The number of nitrogens with zero attached hydrogens (tertiary/aromatic N) is 1. The van der Waals surface area contributed by atoms with Crippen LogP contribution in [-0.2, 0) is 11.2 Å². The summed E-state index contributed by atoms with van der Waals surface area (Å²) in [4.78, 5) is 5.81. The molecule has 84 valence electrons. The largest absolute Gasteiger partial charge is 0.381 e. The first-order valence-corrected chi connectivity index (χ1v) is 6.35. The zero-order chi connectivity index (χ0) is 10.7. The third-order valence-corrected chi connectivity index (χ3v) is 3.85. The third-order valence-electron chi connectivity index (χ3n) is 2.67. The predicted octanol–water partition coefficient (Wildman–Crippen LogP) is 1.93. The van der Waals surface area contributed by atoms with Crippen LogP contribution in [0.25, 0.3) is 0 Å². The van der Waals surface area contributed by atoms with E-state index in [0.29, 0.717) is 5.92 Å². The maximum Gasteiger partial charge on any atom is 0.0960 e. The minimum atomic E-state index is 0.230. The molecule has 0 bridgehead atoms. The summed E-state index contributed by atoms with van der Waals surface area (Å²) in [7, 11) is 0. The van der Waals surface area contributed by atoms with Crippen LogP contribution in [0.5, 0.6) is 0 Å². The topological polar surface area (TPSA) is 48.1 Å². The van der Waals surface area contributed by atoms with Crippen molar-refractivity contribution in [2.45, 2.75) is 38.1 Å². The van der Waals surface area contributed by atoms with E-state index in [1.54, 1.807) is 0 Å². The van der Waals surface area contributed by atoms with Crippen molar-refractivity contribution in [3.8, 4) is 0 Å². The van der Waals surface area contributed by atoms with Gasteiger partial charge in [0.1, 0.15) is 0 Å². The van der Waals surface area contributed by atoms with Crippen LogP contribution < -0.4 is 5.73 Å². The van der Waals surface area contributed by atoms with E-state index >= 15 is 0 Å². The lowest BCUT2D eigenvalue weighted by Gasteiger charge is -2.19. The van der Waals surface area contributed by atoms with Gasteiger partial charge in [-0.2, -0.15) is 0 Å². The van der Waals surface area contributed by atoms with Crippen molar-refractivity contribution in [2.75, 3.05) is 13.2 Å². The van der Waals surface area contributed by atoms with Crippen molar-refractivity contribution >= 4 is 11.3 Å². The van der Waals surface area contributed by atoms with E-state index in [2.05, 4.69) is 4.98 Å². The number of rotatable bonds is 3. The Balaban J connectivity index is 1.99. The fourth-order valence-electron chi connectivity index (χ4n) is 1.87. The quantitative estimate of drug-likeness (QED) is 0.856. The summed E-state index contributed by atoms with van der Waals surface area (Å²) in [6.07, 6.45) is 5.16. The normalized spacial score (nSPS) is 20.4. The van der Waals surface area contributed by atoms with Gasteiger partial charge < -0.3 is 10.5 Å². The van der Waals surface area contributed by atoms with Gasteiger partial charge in [0.2, 0.25) is 0 Å². The molecule has 0 saturated carbocycles. The molecule has 1 fully saturated rings. The Labute approximate surface area is 94.7 Å². The van der Waals surface area contributed by atoms with E-state index in [9.17, 15) is 0 Å². The van der Waals surface area contributed by atoms with Gasteiger partial charge in [-0.1, -0.05) is 0 Å². The van der Waals surface area contributed by atoms with Crippen LogP contribution in [0.3, 0.4) is 0 Å². The summed E-state index contributed by atoms with van der Waals surface area (Å²) in [6.45, 7) is 3.80. The molecule has 0 radical (unpaired) electrons. The number of ether oxygens (including phenoxy) is 1. The Morgan fingerprint density at radius 1 is 1.60 bits per heavy atom. The first-order valence-electron chi connectivity index (χ1n) is 5.53. The summed E-state index contributed by atoms with van der Waals surface area (Å²) in [5, 5.41) is 1.27. The molecule has 0 spiro atoms. The molecule has 3 nitrogen and oxygen atoms in total. The number of nitrogens with two attached hydrogens (primary N) is 1. The highest BCUT2D eigenvalue weighted by Gasteiger charge is 2.19. The Bertz CT molecular complexity index is 305. The van der Waals surface area contributed by atoms with Crippen molar-refractivity contribution in [1.82, 2.24) is 4.98 Å². The van der Waals surface area contributed by atoms with Crippen LogP contribution in [0.2, 0.25) is 0 Å². The van der Waals surface area contributed by atoms with Crippen molar-refractivity contribution in [1.29, 1.82) is 0 Å². The molecule has 15 heavy (non-hydrogen) atoms. The van der Waals surface area contributed by atoms with Gasteiger partial charge in [-0.3, -0.25) is 0 Å². The van der Waals surface area contributed by atoms with Gasteiger partial charge in [0, 0.05) is 36.2 Å². The average molecular weight is 226 g/mol.